The number of aryl methyl sites for hydroxylation is 1. The summed E-state index contributed by atoms with van der Waals surface area (Å²) in [5.74, 6) is 0.141. The van der Waals surface area contributed by atoms with Crippen LogP contribution in [0.4, 0.5) is 5.69 Å². The molecule has 0 aromatic heterocycles. The lowest BCUT2D eigenvalue weighted by molar-refractivity contribution is 0.0996. The van der Waals surface area contributed by atoms with Gasteiger partial charge in [-0.05, 0) is 36.8 Å². The highest BCUT2D eigenvalue weighted by molar-refractivity contribution is 6.10. The van der Waals surface area contributed by atoms with Crippen LogP contribution in [0.2, 0.25) is 0 Å². The van der Waals surface area contributed by atoms with Crippen molar-refractivity contribution in [2.45, 2.75) is 13.5 Å². The van der Waals surface area contributed by atoms with Gasteiger partial charge in [-0.25, -0.2) is 0 Å². The molecule has 0 bridgehead atoms. The molecule has 0 unspecified atom stereocenters. The van der Waals surface area contributed by atoms with Crippen LogP contribution in [0, 0.1) is 6.92 Å². The number of nitrogens with zero attached hydrogens (tertiary/aromatic N) is 1. The molecule has 1 N–H and O–H groups in total. The molecular formula is C15H13NO2. The Hall–Kier alpha value is -2.29. The van der Waals surface area contributed by atoms with Crippen LogP contribution >= 0.6 is 0 Å². The molecule has 0 fully saturated rings. The highest BCUT2D eigenvalue weighted by Gasteiger charge is 2.30. The van der Waals surface area contributed by atoms with E-state index >= 15 is 0 Å². The standard InChI is InChI=1S/C15H13NO2/c1-10-4-2-5-11(8-10)16-9-13-12(15(16)18)6-3-7-14(13)17/h2-8,17H,9H2,1H3. The van der Waals surface area contributed by atoms with Crippen molar-refractivity contribution in [1.29, 1.82) is 0 Å². The van der Waals surface area contributed by atoms with Crippen LogP contribution in [-0.4, -0.2) is 11.0 Å². The molecule has 2 aromatic carbocycles. The van der Waals surface area contributed by atoms with E-state index in [4.69, 9.17) is 0 Å². The molecule has 0 saturated heterocycles. The highest BCUT2D eigenvalue weighted by atomic mass is 16.3. The van der Waals surface area contributed by atoms with Gasteiger partial charge in [0, 0.05) is 16.8 Å². The van der Waals surface area contributed by atoms with E-state index < -0.39 is 0 Å². The Morgan fingerprint density at radius 2 is 1.94 bits per heavy atom. The summed E-state index contributed by atoms with van der Waals surface area (Å²) < 4.78 is 0. The van der Waals surface area contributed by atoms with Crippen LogP contribution in [0.3, 0.4) is 0 Å². The summed E-state index contributed by atoms with van der Waals surface area (Å²) >= 11 is 0. The van der Waals surface area contributed by atoms with Crippen molar-refractivity contribution in [3.63, 3.8) is 0 Å². The molecule has 0 spiro atoms. The van der Waals surface area contributed by atoms with E-state index in [1.165, 1.54) is 0 Å². The van der Waals surface area contributed by atoms with E-state index in [0.29, 0.717) is 17.7 Å². The average molecular weight is 239 g/mol. The number of phenols is 1. The normalized spacial score (nSPS) is 13.8. The van der Waals surface area contributed by atoms with Crippen LogP contribution in [0.5, 0.6) is 5.75 Å². The molecule has 1 aliphatic rings. The molecule has 3 heteroatoms. The van der Waals surface area contributed by atoms with Gasteiger partial charge in [-0.3, -0.25) is 4.79 Å². The Morgan fingerprint density at radius 3 is 2.67 bits per heavy atom. The van der Waals surface area contributed by atoms with Crippen molar-refractivity contribution < 1.29 is 9.90 Å². The van der Waals surface area contributed by atoms with Crippen LogP contribution < -0.4 is 4.90 Å². The maximum absolute atomic E-state index is 12.3. The Bertz CT molecular complexity index is 634. The number of amides is 1. The fourth-order valence-corrected chi connectivity index (χ4v) is 2.32. The lowest BCUT2D eigenvalue weighted by Crippen LogP contribution is -2.22. The monoisotopic (exact) mass is 239 g/mol. The van der Waals surface area contributed by atoms with E-state index in [0.717, 1.165) is 11.3 Å². The van der Waals surface area contributed by atoms with Crippen molar-refractivity contribution in [3.8, 4) is 5.75 Å². The minimum Gasteiger partial charge on any atom is -0.508 e. The molecule has 2 aromatic rings. The first-order chi connectivity index (χ1) is 8.66. The van der Waals surface area contributed by atoms with Gasteiger partial charge in [-0.1, -0.05) is 18.2 Å². The fraction of sp³-hybridized carbons (Fsp3) is 0.133. The number of phenolic OH excluding ortho intramolecular Hbond substituents is 1. The van der Waals surface area contributed by atoms with Gasteiger partial charge in [0.1, 0.15) is 5.75 Å². The lowest BCUT2D eigenvalue weighted by atomic mass is 10.1. The third-order valence-electron chi connectivity index (χ3n) is 3.26. The minimum absolute atomic E-state index is 0.0495. The quantitative estimate of drug-likeness (QED) is 0.831. The third-order valence-corrected chi connectivity index (χ3v) is 3.26. The van der Waals surface area contributed by atoms with Gasteiger partial charge < -0.3 is 10.0 Å². The molecule has 1 amide bonds. The summed E-state index contributed by atoms with van der Waals surface area (Å²) in [6.07, 6.45) is 0. The number of fused-ring (bicyclic) bond motifs is 1. The summed E-state index contributed by atoms with van der Waals surface area (Å²) in [4.78, 5) is 14.0. The van der Waals surface area contributed by atoms with Crippen molar-refractivity contribution in [2.24, 2.45) is 0 Å². The molecule has 0 aliphatic carbocycles. The Labute approximate surface area is 105 Å². The van der Waals surface area contributed by atoms with Gasteiger partial charge in [0.05, 0.1) is 6.54 Å². The van der Waals surface area contributed by atoms with Gasteiger partial charge >= 0.3 is 0 Å². The smallest absolute Gasteiger partial charge is 0.259 e. The number of aromatic hydroxyl groups is 1. The van der Waals surface area contributed by atoms with Crippen LogP contribution in [-0.2, 0) is 6.54 Å². The van der Waals surface area contributed by atoms with Gasteiger partial charge in [0.15, 0.2) is 0 Å². The Balaban J connectivity index is 2.05. The molecule has 0 atom stereocenters. The van der Waals surface area contributed by atoms with Crippen molar-refractivity contribution in [2.75, 3.05) is 4.90 Å². The molecule has 1 heterocycles. The van der Waals surface area contributed by atoms with Gasteiger partial charge in [0.2, 0.25) is 0 Å². The number of carbonyl (C=O) groups is 1. The number of hydrogen-bond acceptors (Lipinski definition) is 2. The van der Waals surface area contributed by atoms with E-state index in [9.17, 15) is 9.90 Å². The zero-order valence-electron chi connectivity index (χ0n) is 10.1. The summed E-state index contributed by atoms with van der Waals surface area (Å²) in [6, 6.07) is 12.9. The predicted molar refractivity (Wildman–Crippen MR) is 69.8 cm³/mol. The first-order valence-corrected chi connectivity index (χ1v) is 5.86. The zero-order chi connectivity index (χ0) is 12.7. The van der Waals surface area contributed by atoms with Gasteiger partial charge in [0.25, 0.3) is 5.91 Å². The summed E-state index contributed by atoms with van der Waals surface area (Å²) in [6.45, 7) is 2.43. The van der Waals surface area contributed by atoms with E-state index in [2.05, 4.69) is 0 Å². The average Bonchev–Trinajstić information content (AvgIpc) is 2.69. The molecular weight excluding hydrogens is 226 g/mol. The van der Waals surface area contributed by atoms with Crippen molar-refractivity contribution in [3.05, 3.63) is 59.2 Å². The number of benzene rings is 2. The first kappa shape index (κ1) is 10.8. The topological polar surface area (TPSA) is 40.5 Å². The SMILES string of the molecule is Cc1cccc(N2Cc3c(O)cccc3C2=O)c1. The van der Waals surface area contributed by atoms with E-state index in [1.807, 2.05) is 31.2 Å². The van der Waals surface area contributed by atoms with E-state index in [1.54, 1.807) is 23.1 Å². The molecule has 90 valence electrons. The number of anilines is 1. The largest absolute Gasteiger partial charge is 0.508 e. The number of hydrogen-bond donors (Lipinski definition) is 1. The molecule has 3 nitrogen and oxygen atoms in total. The number of rotatable bonds is 1. The summed E-state index contributed by atoms with van der Waals surface area (Å²) in [7, 11) is 0. The maximum Gasteiger partial charge on any atom is 0.259 e. The van der Waals surface area contributed by atoms with Crippen LogP contribution in [0.15, 0.2) is 42.5 Å². The van der Waals surface area contributed by atoms with Crippen LogP contribution in [0.1, 0.15) is 21.5 Å². The predicted octanol–water partition coefficient (Wildman–Crippen LogP) is 2.86. The van der Waals surface area contributed by atoms with Crippen molar-refractivity contribution >= 4 is 11.6 Å². The van der Waals surface area contributed by atoms with Gasteiger partial charge in [-0.15, -0.1) is 0 Å². The lowest BCUT2D eigenvalue weighted by Gasteiger charge is -2.16. The summed E-state index contributed by atoms with van der Waals surface area (Å²) in [5.41, 5.74) is 3.29. The maximum atomic E-state index is 12.3. The second-order valence-corrected chi connectivity index (χ2v) is 4.53. The Morgan fingerprint density at radius 1 is 1.17 bits per heavy atom. The first-order valence-electron chi connectivity index (χ1n) is 5.86. The molecule has 0 saturated carbocycles. The Kier molecular flexibility index (Phi) is 2.33. The van der Waals surface area contributed by atoms with E-state index in [-0.39, 0.29) is 11.7 Å². The molecule has 18 heavy (non-hydrogen) atoms. The highest BCUT2D eigenvalue weighted by Crippen LogP contribution is 2.33. The van der Waals surface area contributed by atoms with Crippen molar-refractivity contribution in [1.82, 2.24) is 0 Å². The number of carbonyl (C=O) groups excluding carboxylic acids is 1. The molecule has 0 radical (unpaired) electrons. The molecule has 3 rings (SSSR count). The zero-order valence-corrected chi connectivity index (χ0v) is 10.1. The van der Waals surface area contributed by atoms with Gasteiger partial charge in [-0.2, -0.15) is 0 Å². The molecule has 1 aliphatic heterocycles. The second kappa shape index (κ2) is 3.88. The summed E-state index contributed by atoms with van der Waals surface area (Å²) in [5, 5.41) is 9.79. The third kappa shape index (κ3) is 1.56. The second-order valence-electron chi connectivity index (χ2n) is 4.53. The van der Waals surface area contributed by atoms with Crippen LogP contribution in [0.25, 0.3) is 0 Å². The minimum atomic E-state index is -0.0495. The fourth-order valence-electron chi connectivity index (χ4n) is 2.32.